The highest BCUT2D eigenvalue weighted by Crippen LogP contribution is 2.40. The van der Waals surface area contributed by atoms with Gasteiger partial charge in [-0.25, -0.2) is 4.79 Å². The number of amides is 2. The third-order valence-corrected chi connectivity index (χ3v) is 4.96. The number of urea groups is 1. The Labute approximate surface area is 114 Å². The molecule has 2 rings (SSSR count). The van der Waals surface area contributed by atoms with Crippen molar-refractivity contribution < 1.29 is 14.7 Å². The topological polar surface area (TPSA) is 69.6 Å². The van der Waals surface area contributed by atoms with Crippen LogP contribution < -0.4 is 5.32 Å². The smallest absolute Gasteiger partial charge is 0.317 e. The maximum absolute atomic E-state index is 12.1. The summed E-state index contributed by atoms with van der Waals surface area (Å²) >= 11 is 0. The zero-order valence-electron chi connectivity index (χ0n) is 11.8. The summed E-state index contributed by atoms with van der Waals surface area (Å²) in [7, 11) is 0. The van der Waals surface area contributed by atoms with E-state index >= 15 is 0 Å². The number of carbonyl (C=O) groups is 2. The average molecular weight is 268 g/mol. The van der Waals surface area contributed by atoms with Crippen LogP contribution in [-0.4, -0.2) is 41.6 Å². The summed E-state index contributed by atoms with van der Waals surface area (Å²) in [6.07, 6.45) is 3.32. The van der Waals surface area contributed by atoms with E-state index < -0.39 is 11.4 Å². The molecular weight excluding hydrogens is 244 g/mol. The van der Waals surface area contributed by atoms with Crippen molar-refractivity contribution >= 4 is 12.0 Å². The Bertz CT molecular complexity index is 366. The number of rotatable bonds is 3. The van der Waals surface area contributed by atoms with Crippen molar-refractivity contribution in [2.24, 2.45) is 17.3 Å². The van der Waals surface area contributed by atoms with E-state index in [9.17, 15) is 14.7 Å². The summed E-state index contributed by atoms with van der Waals surface area (Å²) in [5.41, 5.74) is -0.704. The Balaban J connectivity index is 1.83. The molecule has 0 bridgehead atoms. The molecule has 2 atom stereocenters. The first-order valence-corrected chi connectivity index (χ1v) is 7.21. The van der Waals surface area contributed by atoms with Gasteiger partial charge in [0.25, 0.3) is 0 Å². The van der Waals surface area contributed by atoms with Gasteiger partial charge in [-0.2, -0.15) is 0 Å². The minimum atomic E-state index is -0.778. The Morgan fingerprint density at radius 1 is 1.32 bits per heavy atom. The molecule has 0 aromatic heterocycles. The largest absolute Gasteiger partial charge is 0.481 e. The molecule has 1 aliphatic heterocycles. The van der Waals surface area contributed by atoms with E-state index in [0.29, 0.717) is 24.7 Å². The number of hydrogen-bond donors (Lipinski definition) is 2. The van der Waals surface area contributed by atoms with E-state index in [-0.39, 0.29) is 12.6 Å². The van der Waals surface area contributed by atoms with E-state index in [0.717, 1.165) is 25.9 Å². The molecule has 108 valence electrons. The molecule has 2 fully saturated rings. The molecule has 19 heavy (non-hydrogen) atoms. The van der Waals surface area contributed by atoms with E-state index in [1.54, 1.807) is 0 Å². The van der Waals surface area contributed by atoms with Gasteiger partial charge in [0.1, 0.15) is 0 Å². The van der Waals surface area contributed by atoms with Gasteiger partial charge in [0.15, 0.2) is 0 Å². The highest BCUT2D eigenvalue weighted by atomic mass is 16.4. The van der Waals surface area contributed by atoms with Gasteiger partial charge < -0.3 is 15.3 Å². The molecule has 2 N–H and O–H groups in total. The van der Waals surface area contributed by atoms with E-state index in [2.05, 4.69) is 19.2 Å². The lowest BCUT2D eigenvalue weighted by Gasteiger charge is -2.39. The van der Waals surface area contributed by atoms with Gasteiger partial charge in [0, 0.05) is 19.6 Å². The van der Waals surface area contributed by atoms with Gasteiger partial charge in [0.2, 0.25) is 0 Å². The number of likely N-dealkylation sites (tertiary alicyclic amines) is 1. The summed E-state index contributed by atoms with van der Waals surface area (Å²) in [6, 6.07) is -0.105. The van der Waals surface area contributed by atoms with Crippen molar-refractivity contribution in [2.75, 3.05) is 19.6 Å². The number of carboxylic acids is 1. The van der Waals surface area contributed by atoms with Crippen LogP contribution in [0.4, 0.5) is 4.79 Å². The molecule has 5 nitrogen and oxygen atoms in total. The first-order chi connectivity index (χ1) is 8.94. The number of aliphatic carboxylic acids is 1. The number of nitrogens with one attached hydrogen (secondary N) is 1. The van der Waals surface area contributed by atoms with E-state index in [1.165, 1.54) is 0 Å². The number of carbonyl (C=O) groups excluding carboxylic acids is 1. The number of nitrogens with zero attached hydrogens (tertiary/aromatic N) is 1. The summed E-state index contributed by atoms with van der Waals surface area (Å²) in [5, 5.41) is 12.0. The first-order valence-electron chi connectivity index (χ1n) is 7.21. The maximum Gasteiger partial charge on any atom is 0.317 e. The zero-order chi connectivity index (χ0) is 14.0. The Morgan fingerprint density at radius 2 is 2.00 bits per heavy atom. The zero-order valence-corrected chi connectivity index (χ0v) is 11.8. The number of hydrogen-bond acceptors (Lipinski definition) is 2. The second-order valence-corrected chi connectivity index (χ2v) is 6.29. The Morgan fingerprint density at radius 3 is 2.47 bits per heavy atom. The highest BCUT2D eigenvalue weighted by molar-refractivity contribution is 5.79. The monoisotopic (exact) mass is 268 g/mol. The average Bonchev–Trinajstić information content (AvgIpc) is 2.30. The molecule has 0 aromatic rings. The highest BCUT2D eigenvalue weighted by Gasteiger charge is 2.44. The Kier molecular flexibility index (Phi) is 4.02. The van der Waals surface area contributed by atoms with Crippen molar-refractivity contribution in [3.8, 4) is 0 Å². The second-order valence-electron chi connectivity index (χ2n) is 6.29. The first kappa shape index (κ1) is 14.2. The SMILES string of the molecule is CC1CCN(C(=O)NCC2(C(=O)O)CCC2)CC1C. The molecule has 1 saturated heterocycles. The molecule has 0 radical (unpaired) electrons. The number of piperidine rings is 1. The third kappa shape index (κ3) is 2.85. The van der Waals surface area contributed by atoms with Crippen LogP contribution in [0.5, 0.6) is 0 Å². The minimum Gasteiger partial charge on any atom is -0.481 e. The Hall–Kier alpha value is -1.26. The van der Waals surface area contributed by atoms with Crippen LogP contribution in [-0.2, 0) is 4.79 Å². The van der Waals surface area contributed by atoms with Gasteiger partial charge in [-0.1, -0.05) is 20.3 Å². The fourth-order valence-electron chi connectivity index (χ4n) is 2.87. The molecule has 0 spiro atoms. The van der Waals surface area contributed by atoms with Gasteiger partial charge in [-0.05, 0) is 31.1 Å². The van der Waals surface area contributed by atoms with Crippen LogP contribution in [0.3, 0.4) is 0 Å². The fraction of sp³-hybridized carbons (Fsp3) is 0.857. The minimum absolute atomic E-state index is 0.105. The predicted molar refractivity (Wildman–Crippen MR) is 71.8 cm³/mol. The predicted octanol–water partition coefficient (Wildman–Crippen LogP) is 1.93. The van der Waals surface area contributed by atoms with Crippen molar-refractivity contribution in [1.29, 1.82) is 0 Å². The van der Waals surface area contributed by atoms with Crippen LogP contribution >= 0.6 is 0 Å². The molecule has 1 heterocycles. The van der Waals surface area contributed by atoms with Crippen molar-refractivity contribution in [3.63, 3.8) is 0 Å². The van der Waals surface area contributed by atoms with Crippen molar-refractivity contribution in [3.05, 3.63) is 0 Å². The quantitative estimate of drug-likeness (QED) is 0.821. The lowest BCUT2D eigenvalue weighted by molar-refractivity contribution is -0.153. The van der Waals surface area contributed by atoms with Gasteiger partial charge in [0.05, 0.1) is 5.41 Å². The summed E-state index contributed by atoms with van der Waals surface area (Å²) in [6.45, 7) is 6.19. The van der Waals surface area contributed by atoms with Gasteiger partial charge in [-0.3, -0.25) is 4.79 Å². The lowest BCUT2D eigenvalue weighted by Crippen LogP contribution is -2.52. The standard InChI is InChI=1S/C14H24N2O3/c1-10-4-7-16(8-11(10)2)13(19)15-9-14(12(17)18)5-3-6-14/h10-11H,3-9H2,1-2H3,(H,15,19)(H,17,18). The molecule has 1 saturated carbocycles. The molecule has 2 unspecified atom stereocenters. The van der Waals surface area contributed by atoms with Crippen LogP contribution in [0, 0.1) is 17.3 Å². The molecule has 2 aliphatic rings. The van der Waals surface area contributed by atoms with Crippen LogP contribution in [0.25, 0.3) is 0 Å². The van der Waals surface area contributed by atoms with E-state index in [1.807, 2.05) is 4.90 Å². The maximum atomic E-state index is 12.1. The molecule has 1 aliphatic carbocycles. The van der Waals surface area contributed by atoms with E-state index in [4.69, 9.17) is 0 Å². The van der Waals surface area contributed by atoms with Crippen LogP contribution in [0.15, 0.2) is 0 Å². The molecule has 0 aromatic carbocycles. The van der Waals surface area contributed by atoms with Gasteiger partial charge in [-0.15, -0.1) is 0 Å². The second kappa shape index (κ2) is 5.39. The summed E-state index contributed by atoms with van der Waals surface area (Å²) in [5.74, 6) is 0.386. The van der Waals surface area contributed by atoms with Crippen molar-refractivity contribution in [1.82, 2.24) is 10.2 Å². The summed E-state index contributed by atoms with van der Waals surface area (Å²) in [4.78, 5) is 25.1. The van der Waals surface area contributed by atoms with Crippen LogP contribution in [0.2, 0.25) is 0 Å². The molecule has 5 heteroatoms. The number of carboxylic acid groups (broad SMARTS) is 1. The fourth-order valence-corrected chi connectivity index (χ4v) is 2.87. The molecule has 2 amide bonds. The van der Waals surface area contributed by atoms with Crippen molar-refractivity contribution in [2.45, 2.75) is 39.5 Å². The van der Waals surface area contributed by atoms with Crippen LogP contribution in [0.1, 0.15) is 39.5 Å². The third-order valence-electron chi connectivity index (χ3n) is 4.96. The lowest BCUT2D eigenvalue weighted by atomic mass is 9.69. The van der Waals surface area contributed by atoms with Gasteiger partial charge >= 0.3 is 12.0 Å². The summed E-state index contributed by atoms with van der Waals surface area (Å²) < 4.78 is 0. The molecular formula is C14H24N2O3. The normalized spacial score (nSPS) is 29.5.